The van der Waals surface area contributed by atoms with Crippen LogP contribution in [0, 0.1) is 0 Å². The molecular formula is C18H23NO2. The van der Waals surface area contributed by atoms with Crippen molar-refractivity contribution in [2.24, 2.45) is 0 Å². The lowest BCUT2D eigenvalue weighted by molar-refractivity contribution is 0.267. The molecule has 0 aliphatic heterocycles. The van der Waals surface area contributed by atoms with Gasteiger partial charge in [0.25, 0.3) is 0 Å². The summed E-state index contributed by atoms with van der Waals surface area (Å²) in [6.45, 7) is 5.10. The van der Waals surface area contributed by atoms with Gasteiger partial charge in [-0.15, -0.1) is 0 Å². The fourth-order valence-electron chi connectivity index (χ4n) is 1.96. The van der Waals surface area contributed by atoms with Gasteiger partial charge in [-0.05, 0) is 24.1 Å². The Bertz CT molecular complexity index is 514. The van der Waals surface area contributed by atoms with Crippen molar-refractivity contribution in [1.82, 2.24) is 5.32 Å². The molecule has 0 saturated heterocycles. The summed E-state index contributed by atoms with van der Waals surface area (Å²) in [6.07, 6.45) is 0.993. The van der Waals surface area contributed by atoms with E-state index in [0.29, 0.717) is 13.2 Å². The summed E-state index contributed by atoms with van der Waals surface area (Å²) in [5.74, 6) is 1.63. The van der Waals surface area contributed by atoms with E-state index in [1.165, 1.54) is 5.56 Å². The average molecular weight is 285 g/mol. The SMILES string of the molecule is CCCOc1ccccc1OCCNCc1ccccc1. The molecule has 2 aromatic carbocycles. The molecule has 0 heterocycles. The molecule has 1 N–H and O–H groups in total. The summed E-state index contributed by atoms with van der Waals surface area (Å²) >= 11 is 0. The van der Waals surface area contributed by atoms with Crippen LogP contribution in [0.15, 0.2) is 54.6 Å². The largest absolute Gasteiger partial charge is 0.490 e. The van der Waals surface area contributed by atoms with Crippen LogP contribution >= 0.6 is 0 Å². The summed E-state index contributed by atoms with van der Waals surface area (Å²) in [5.41, 5.74) is 1.28. The normalized spacial score (nSPS) is 10.3. The molecule has 2 rings (SSSR count). The summed E-state index contributed by atoms with van der Waals surface area (Å²) in [6, 6.07) is 18.2. The van der Waals surface area contributed by atoms with E-state index in [2.05, 4.69) is 36.5 Å². The Balaban J connectivity index is 1.71. The number of rotatable bonds is 9. The summed E-state index contributed by atoms with van der Waals surface area (Å²) in [4.78, 5) is 0. The third kappa shape index (κ3) is 5.48. The minimum atomic E-state index is 0.624. The number of nitrogens with one attached hydrogen (secondary N) is 1. The lowest BCUT2D eigenvalue weighted by Crippen LogP contribution is -2.20. The Morgan fingerprint density at radius 2 is 1.43 bits per heavy atom. The van der Waals surface area contributed by atoms with Gasteiger partial charge in [0, 0.05) is 13.1 Å². The zero-order valence-electron chi connectivity index (χ0n) is 12.5. The molecule has 0 unspecified atom stereocenters. The molecule has 21 heavy (non-hydrogen) atoms. The zero-order valence-corrected chi connectivity index (χ0v) is 12.5. The second kappa shape index (κ2) is 9.03. The number of para-hydroxylation sites is 2. The second-order valence-electron chi connectivity index (χ2n) is 4.81. The Hall–Kier alpha value is -2.00. The summed E-state index contributed by atoms with van der Waals surface area (Å²) in [7, 11) is 0. The van der Waals surface area contributed by atoms with Crippen LogP contribution in [0.2, 0.25) is 0 Å². The lowest BCUT2D eigenvalue weighted by Gasteiger charge is -2.12. The second-order valence-corrected chi connectivity index (χ2v) is 4.81. The maximum absolute atomic E-state index is 5.78. The van der Waals surface area contributed by atoms with Crippen molar-refractivity contribution in [1.29, 1.82) is 0 Å². The minimum Gasteiger partial charge on any atom is -0.490 e. The fraction of sp³-hybridized carbons (Fsp3) is 0.333. The van der Waals surface area contributed by atoms with Crippen molar-refractivity contribution in [2.45, 2.75) is 19.9 Å². The smallest absolute Gasteiger partial charge is 0.161 e. The standard InChI is InChI=1S/C18H23NO2/c1-2-13-20-17-10-6-7-11-18(17)21-14-12-19-15-16-8-4-3-5-9-16/h3-11,19H,2,12-15H2,1H3. The van der Waals surface area contributed by atoms with E-state index in [4.69, 9.17) is 9.47 Å². The number of hydrogen-bond donors (Lipinski definition) is 1. The first-order chi connectivity index (χ1) is 10.4. The topological polar surface area (TPSA) is 30.5 Å². The van der Waals surface area contributed by atoms with E-state index < -0.39 is 0 Å². The first kappa shape index (κ1) is 15.4. The van der Waals surface area contributed by atoms with Gasteiger partial charge in [-0.2, -0.15) is 0 Å². The van der Waals surface area contributed by atoms with Crippen LogP contribution in [0.5, 0.6) is 11.5 Å². The molecule has 0 spiro atoms. The van der Waals surface area contributed by atoms with Crippen LogP contribution in [0.3, 0.4) is 0 Å². The van der Waals surface area contributed by atoms with E-state index in [0.717, 1.165) is 31.0 Å². The van der Waals surface area contributed by atoms with Gasteiger partial charge >= 0.3 is 0 Å². The monoisotopic (exact) mass is 285 g/mol. The van der Waals surface area contributed by atoms with Crippen LogP contribution in [0.25, 0.3) is 0 Å². The highest BCUT2D eigenvalue weighted by atomic mass is 16.5. The molecule has 0 aromatic heterocycles. The molecule has 3 nitrogen and oxygen atoms in total. The van der Waals surface area contributed by atoms with E-state index in [1.54, 1.807) is 0 Å². The predicted molar refractivity (Wildman–Crippen MR) is 85.9 cm³/mol. The fourth-order valence-corrected chi connectivity index (χ4v) is 1.96. The predicted octanol–water partition coefficient (Wildman–Crippen LogP) is 3.64. The quantitative estimate of drug-likeness (QED) is 0.713. The molecule has 0 aliphatic rings. The third-order valence-electron chi connectivity index (χ3n) is 3.02. The molecule has 0 amide bonds. The molecule has 0 saturated carbocycles. The van der Waals surface area contributed by atoms with Crippen molar-refractivity contribution in [2.75, 3.05) is 19.8 Å². The van der Waals surface area contributed by atoms with E-state index >= 15 is 0 Å². The van der Waals surface area contributed by atoms with Crippen LogP contribution in [-0.2, 0) is 6.54 Å². The lowest BCUT2D eigenvalue weighted by atomic mass is 10.2. The minimum absolute atomic E-state index is 0.624. The maximum atomic E-state index is 5.78. The van der Waals surface area contributed by atoms with Crippen molar-refractivity contribution in [3.63, 3.8) is 0 Å². The summed E-state index contributed by atoms with van der Waals surface area (Å²) < 4.78 is 11.5. The van der Waals surface area contributed by atoms with E-state index in [9.17, 15) is 0 Å². The first-order valence-electron chi connectivity index (χ1n) is 7.49. The van der Waals surface area contributed by atoms with Crippen LogP contribution in [-0.4, -0.2) is 19.8 Å². The van der Waals surface area contributed by atoms with Gasteiger partial charge in [-0.3, -0.25) is 0 Å². The zero-order chi connectivity index (χ0) is 14.8. The Labute approximate surface area is 126 Å². The van der Waals surface area contributed by atoms with Gasteiger partial charge in [0.2, 0.25) is 0 Å². The van der Waals surface area contributed by atoms with E-state index in [-0.39, 0.29) is 0 Å². The van der Waals surface area contributed by atoms with Gasteiger partial charge in [0.05, 0.1) is 6.61 Å². The number of benzene rings is 2. The summed E-state index contributed by atoms with van der Waals surface area (Å²) in [5, 5.41) is 3.37. The highest BCUT2D eigenvalue weighted by Gasteiger charge is 2.03. The van der Waals surface area contributed by atoms with Crippen LogP contribution in [0.1, 0.15) is 18.9 Å². The van der Waals surface area contributed by atoms with Crippen LogP contribution < -0.4 is 14.8 Å². The molecule has 112 valence electrons. The van der Waals surface area contributed by atoms with Crippen molar-refractivity contribution in [3.8, 4) is 11.5 Å². The molecule has 0 bridgehead atoms. The third-order valence-corrected chi connectivity index (χ3v) is 3.02. The molecule has 0 fully saturated rings. The molecule has 0 radical (unpaired) electrons. The molecule has 3 heteroatoms. The van der Waals surface area contributed by atoms with Gasteiger partial charge in [-0.1, -0.05) is 49.4 Å². The number of hydrogen-bond acceptors (Lipinski definition) is 3. The maximum Gasteiger partial charge on any atom is 0.161 e. The first-order valence-corrected chi connectivity index (χ1v) is 7.49. The van der Waals surface area contributed by atoms with Gasteiger partial charge in [0.1, 0.15) is 6.61 Å². The molecular weight excluding hydrogens is 262 g/mol. The molecule has 0 aliphatic carbocycles. The van der Waals surface area contributed by atoms with Crippen LogP contribution in [0.4, 0.5) is 0 Å². The van der Waals surface area contributed by atoms with Crippen molar-refractivity contribution < 1.29 is 9.47 Å². The number of ether oxygens (including phenoxy) is 2. The highest BCUT2D eigenvalue weighted by molar-refractivity contribution is 5.39. The molecule has 0 atom stereocenters. The van der Waals surface area contributed by atoms with Crippen molar-refractivity contribution >= 4 is 0 Å². The van der Waals surface area contributed by atoms with Crippen molar-refractivity contribution in [3.05, 3.63) is 60.2 Å². The molecule has 2 aromatic rings. The Morgan fingerprint density at radius 3 is 2.10 bits per heavy atom. The van der Waals surface area contributed by atoms with E-state index in [1.807, 2.05) is 30.3 Å². The Morgan fingerprint density at radius 1 is 0.810 bits per heavy atom. The highest BCUT2D eigenvalue weighted by Crippen LogP contribution is 2.26. The van der Waals surface area contributed by atoms with Gasteiger partial charge in [-0.25, -0.2) is 0 Å². The Kier molecular flexibility index (Phi) is 6.62. The average Bonchev–Trinajstić information content (AvgIpc) is 2.54. The van der Waals surface area contributed by atoms with Gasteiger partial charge in [0.15, 0.2) is 11.5 Å². The van der Waals surface area contributed by atoms with Gasteiger partial charge < -0.3 is 14.8 Å².